The maximum Gasteiger partial charge on any atom is 0.308 e. The van der Waals surface area contributed by atoms with Crippen molar-refractivity contribution in [2.45, 2.75) is 45.2 Å². The van der Waals surface area contributed by atoms with Gasteiger partial charge in [0.2, 0.25) is 0 Å². The second kappa shape index (κ2) is 5.36. The molecule has 17 heavy (non-hydrogen) atoms. The highest BCUT2D eigenvalue weighted by molar-refractivity contribution is 5.72. The van der Waals surface area contributed by atoms with E-state index in [1.165, 1.54) is 6.42 Å². The van der Waals surface area contributed by atoms with Crippen molar-refractivity contribution >= 4 is 5.97 Å². The van der Waals surface area contributed by atoms with Gasteiger partial charge in [-0.25, -0.2) is 0 Å². The molecule has 2 N–H and O–H groups in total. The third-order valence-electron chi connectivity index (χ3n) is 4.25. The summed E-state index contributed by atoms with van der Waals surface area (Å²) in [4.78, 5) is 11.3. The van der Waals surface area contributed by atoms with Crippen LogP contribution in [0.25, 0.3) is 0 Å². The summed E-state index contributed by atoms with van der Waals surface area (Å²) in [6, 6.07) is 0.392. The van der Waals surface area contributed by atoms with Crippen LogP contribution in [0.15, 0.2) is 0 Å². The Bertz CT molecular complexity index is 282. The Morgan fingerprint density at radius 3 is 2.82 bits per heavy atom. The van der Waals surface area contributed by atoms with Crippen LogP contribution >= 0.6 is 0 Å². The Labute approximate surface area is 103 Å². The quantitative estimate of drug-likeness (QED) is 0.740. The molecular formula is C13H23NO3. The highest BCUT2D eigenvalue weighted by Crippen LogP contribution is 2.48. The highest BCUT2D eigenvalue weighted by Gasteiger charge is 2.51. The van der Waals surface area contributed by atoms with Crippen molar-refractivity contribution in [3.05, 3.63) is 0 Å². The average molecular weight is 241 g/mol. The summed E-state index contributed by atoms with van der Waals surface area (Å²) in [7, 11) is 0. The van der Waals surface area contributed by atoms with Crippen LogP contribution in [-0.2, 0) is 9.53 Å². The molecule has 4 heteroatoms. The number of aliphatic carboxylic acids is 1. The van der Waals surface area contributed by atoms with Crippen LogP contribution in [-0.4, -0.2) is 36.4 Å². The molecule has 4 nitrogen and oxygen atoms in total. The molecule has 98 valence electrons. The minimum absolute atomic E-state index is 0.154. The number of carboxylic acids is 1. The number of hydrogen-bond acceptors (Lipinski definition) is 3. The molecule has 0 heterocycles. The van der Waals surface area contributed by atoms with Gasteiger partial charge in [-0.3, -0.25) is 4.79 Å². The molecule has 0 saturated heterocycles. The van der Waals surface area contributed by atoms with E-state index >= 15 is 0 Å². The molecule has 2 saturated carbocycles. The van der Waals surface area contributed by atoms with Gasteiger partial charge in [0.05, 0.1) is 12.5 Å². The van der Waals surface area contributed by atoms with Gasteiger partial charge in [0, 0.05) is 18.7 Å². The number of hydrogen-bond donors (Lipinski definition) is 2. The second-order valence-electron chi connectivity index (χ2n) is 5.45. The largest absolute Gasteiger partial charge is 0.481 e. The van der Waals surface area contributed by atoms with Gasteiger partial charge in [0.15, 0.2) is 0 Å². The lowest BCUT2D eigenvalue weighted by atomic mass is 9.84. The first kappa shape index (κ1) is 12.8. The molecule has 0 aliphatic heterocycles. The van der Waals surface area contributed by atoms with Crippen molar-refractivity contribution in [1.82, 2.24) is 5.32 Å². The standard InChI is InChI=1S/C13H23NO3/c1-3-17-7-8(2)14-12-10-5-4-9(6-10)11(12)13(15)16/h8-12,14H,3-7H2,1-2H3,(H,15,16). The van der Waals surface area contributed by atoms with Crippen molar-refractivity contribution in [2.75, 3.05) is 13.2 Å². The molecule has 5 atom stereocenters. The monoisotopic (exact) mass is 241 g/mol. The van der Waals surface area contributed by atoms with Crippen LogP contribution in [0.1, 0.15) is 33.1 Å². The molecule has 0 radical (unpaired) electrons. The summed E-state index contributed by atoms with van der Waals surface area (Å²) in [6.07, 6.45) is 3.38. The molecule has 0 amide bonds. The van der Waals surface area contributed by atoms with Crippen molar-refractivity contribution in [1.29, 1.82) is 0 Å². The minimum Gasteiger partial charge on any atom is -0.481 e. The summed E-state index contributed by atoms with van der Waals surface area (Å²) < 4.78 is 5.37. The number of carboxylic acid groups (broad SMARTS) is 1. The van der Waals surface area contributed by atoms with E-state index in [9.17, 15) is 9.90 Å². The Balaban J connectivity index is 1.92. The second-order valence-corrected chi connectivity index (χ2v) is 5.45. The van der Waals surface area contributed by atoms with E-state index in [1.54, 1.807) is 0 Å². The number of nitrogens with one attached hydrogen (secondary N) is 1. The summed E-state index contributed by atoms with van der Waals surface area (Å²) in [5.41, 5.74) is 0. The van der Waals surface area contributed by atoms with Gasteiger partial charge in [0.1, 0.15) is 0 Å². The van der Waals surface area contributed by atoms with E-state index in [0.29, 0.717) is 25.0 Å². The van der Waals surface area contributed by atoms with E-state index in [-0.39, 0.29) is 18.0 Å². The third-order valence-corrected chi connectivity index (χ3v) is 4.25. The lowest BCUT2D eigenvalue weighted by molar-refractivity contribution is -0.144. The van der Waals surface area contributed by atoms with E-state index in [1.807, 2.05) is 6.92 Å². The lowest BCUT2D eigenvalue weighted by Gasteiger charge is -2.31. The zero-order chi connectivity index (χ0) is 12.4. The predicted molar refractivity (Wildman–Crippen MR) is 64.8 cm³/mol. The Morgan fingerprint density at radius 1 is 1.47 bits per heavy atom. The van der Waals surface area contributed by atoms with Crippen LogP contribution in [0.3, 0.4) is 0 Å². The Hall–Kier alpha value is -0.610. The van der Waals surface area contributed by atoms with Crippen molar-refractivity contribution < 1.29 is 14.6 Å². The molecule has 2 aliphatic rings. The maximum atomic E-state index is 11.3. The van der Waals surface area contributed by atoms with Crippen LogP contribution in [0.5, 0.6) is 0 Å². The van der Waals surface area contributed by atoms with E-state index in [0.717, 1.165) is 12.8 Å². The Kier molecular flexibility index (Phi) is 4.05. The molecule has 0 spiro atoms. The number of carbonyl (C=O) groups is 1. The van der Waals surface area contributed by atoms with Gasteiger partial charge < -0.3 is 15.2 Å². The van der Waals surface area contributed by atoms with Crippen LogP contribution in [0.2, 0.25) is 0 Å². The molecule has 0 aromatic rings. The Morgan fingerprint density at radius 2 is 2.18 bits per heavy atom. The first-order valence-corrected chi connectivity index (χ1v) is 6.70. The zero-order valence-corrected chi connectivity index (χ0v) is 10.7. The van der Waals surface area contributed by atoms with E-state index < -0.39 is 5.97 Å². The van der Waals surface area contributed by atoms with Crippen LogP contribution < -0.4 is 5.32 Å². The summed E-state index contributed by atoms with van der Waals surface area (Å²) in [6.45, 7) is 5.42. The van der Waals surface area contributed by atoms with Gasteiger partial charge >= 0.3 is 5.97 Å². The topological polar surface area (TPSA) is 58.6 Å². The molecule has 0 aromatic carbocycles. The van der Waals surface area contributed by atoms with Gasteiger partial charge in [-0.15, -0.1) is 0 Å². The lowest BCUT2D eigenvalue weighted by Crippen LogP contribution is -2.49. The molecule has 5 unspecified atom stereocenters. The van der Waals surface area contributed by atoms with Crippen molar-refractivity contribution in [2.24, 2.45) is 17.8 Å². The first-order chi connectivity index (χ1) is 8.13. The SMILES string of the molecule is CCOCC(C)NC1C2CCC(C2)C1C(=O)O. The van der Waals surface area contributed by atoms with Gasteiger partial charge in [-0.2, -0.15) is 0 Å². The molecular weight excluding hydrogens is 218 g/mol. The normalized spacial score (nSPS) is 37.3. The van der Waals surface area contributed by atoms with E-state index in [4.69, 9.17) is 4.74 Å². The molecule has 2 rings (SSSR count). The first-order valence-electron chi connectivity index (χ1n) is 6.70. The minimum atomic E-state index is -0.627. The summed E-state index contributed by atoms with van der Waals surface area (Å²) in [5, 5.41) is 12.8. The highest BCUT2D eigenvalue weighted by atomic mass is 16.5. The summed E-state index contributed by atoms with van der Waals surface area (Å²) in [5.74, 6) is 0.149. The molecule has 0 aromatic heterocycles. The fourth-order valence-electron chi connectivity index (χ4n) is 3.56. The zero-order valence-electron chi connectivity index (χ0n) is 10.7. The van der Waals surface area contributed by atoms with E-state index in [2.05, 4.69) is 12.2 Å². The predicted octanol–water partition coefficient (Wildman–Crippen LogP) is 1.50. The van der Waals surface area contributed by atoms with Crippen molar-refractivity contribution in [3.8, 4) is 0 Å². The van der Waals surface area contributed by atoms with Gasteiger partial charge in [-0.1, -0.05) is 0 Å². The molecule has 2 fully saturated rings. The fraction of sp³-hybridized carbons (Fsp3) is 0.923. The average Bonchev–Trinajstić information content (AvgIpc) is 2.86. The van der Waals surface area contributed by atoms with Gasteiger partial charge in [0.25, 0.3) is 0 Å². The van der Waals surface area contributed by atoms with Crippen LogP contribution in [0.4, 0.5) is 0 Å². The van der Waals surface area contributed by atoms with Gasteiger partial charge in [-0.05, 0) is 44.9 Å². The molecule has 2 aliphatic carbocycles. The number of rotatable bonds is 6. The fourth-order valence-corrected chi connectivity index (χ4v) is 3.56. The van der Waals surface area contributed by atoms with Crippen molar-refractivity contribution in [3.63, 3.8) is 0 Å². The third kappa shape index (κ3) is 2.63. The smallest absolute Gasteiger partial charge is 0.308 e. The summed E-state index contributed by atoms with van der Waals surface area (Å²) >= 11 is 0. The van der Waals surface area contributed by atoms with Crippen LogP contribution in [0, 0.1) is 17.8 Å². The number of fused-ring (bicyclic) bond motifs is 2. The maximum absolute atomic E-state index is 11.3. The number of ether oxygens (including phenoxy) is 1. The molecule has 2 bridgehead atoms.